The molecule has 70 valence electrons. The van der Waals surface area contributed by atoms with Crippen LogP contribution < -0.4 is 0 Å². The monoisotopic (exact) mass is 307 g/mol. The fourth-order valence-corrected chi connectivity index (χ4v) is 3.30. The van der Waals surface area contributed by atoms with Crippen molar-refractivity contribution in [1.82, 2.24) is 3.97 Å². The Morgan fingerprint density at radius 3 is 3.23 bits per heavy atom. The van der Waals surface area contributed by atoms with Crippen LogP contribution in [0.4, 0.5) is 0 Å². The molecular weight excluding hydrogens is 297 g/mol. The van der Waals surface area contributed by atoms with Crippen molar-refractivity contribution in [2.75, 3.05) is 0 Å². The van der Waals surface area contributed by atoms with Crippen LogP contribution >= 0.6 is 30.3 Å². The van der Waals surface area contributed by atoms with Crippen LogP contribution in [0.25, 0.3) is 0 Å². The van der Waals surface area contributed by atoms with Crippen molar-refractivity contribution < 1.29 is 4.79 Å². The Balaban J connectivity index is 2.30. The number of carbonyl (C=O) groups is 1. The first-order valence-corrected chi connectivity index (χ1v) is 7.60. The summed E-state index contributed by atoms with van der Waals surface area (Å²) in [7, 11) is 1.67. The summed E-state index contributed by atoms with van der Waals surface area (Å²) in [6, 6.07) is 2.17. The molecule has 1 aromatic rings. The van der Waals surface area contributed by atoms with E-state index in [1.54, 1.807) is 9.12 Å². The summed E-state index contributed by atoms with van der Waals surface area (Å²) in [6.45, 7) is 0. The summed E-state index contributed by atoms with van der Waals surface area (Å²) in [4.78, 5) is 10.7. The van der Waals surface area contributed by atoms with Gasteiger partial charge in [-0.15, -0.1) is 0 Å². The van der Waals surface area contributed by atoms with Gasteiger partial charge in [0.15, 0.2) is 0 Å². The Bertz CT molecular complexity index is 310. The second kappa shape index (κ2) is 4.04. The molecule has 1 aliphatic carbocycles. The number of rotatable bonds is 2. The van der Waals surface area contributed by atoms with Crippen LogP contribution in [-0.2, 0) is 17.6 Å². The molecule has 1 aliphatic rings. The van der Waals surface area contributed by atoms with E-state index in [-0.39, 0.29) is 5.92 Å². The van der Waals surface area contributed by atoms with Gasteiger partial charge in [0.2, 0.25) is 0 Å². The predicted octanol–water partition coefficient (Wildman–Crippen LogP) is 2.64. The van der Waals surface area contributed by atoms with Crippen LogP contribution in [0.15, 0.2) is 12.3 Å². The van der Waals surface area contributed by atoms with Crippen molar-refractivity contribution in [3.63, 3.8) is 0 Å². The van der Waals surface area contributed by atoms with Gasteiger partial charge in [-0.1, -0.05) is 0 Å². The highest BCUT2D eigenvalue weighted by molar-refractivity contribution is 14.2. The number of hydrogen-bond donors (Lipinski definition) is 0. The number of aldehydes is 1. The molecule has 1 unspecified atom stereocenters. The molecule has 0 aliphatic heterocycles. The van der Waals surface area contributed by atoms with E-state index in [0.717, 1.165) is 25.5 Å². The van der Waals surface area contributed by atoms with Gasteiger partial charge in [-0.3, -0.25) is 3.97 Å². The van der Waals surface area contributed by atoms with Crippen molar-refractivity contribution in [3.05, 3.63) is 23.5 Å². The van der Waals surface area contributed by atoms with Crippen LogP contribution in [0.5, 0.6) is 0 Å². The molecule has 0 N–H and O–H groups in total. The molecule has 1 heterocycles. The standard InChI is InChI=1S/C9H10INOS/c10-13-11-4-3-8-2-1-7(6-12)5-9(8)11/h3-4,6-7H,1-2,5H2. The maximum Gasteiger partial charge on any atom is 0.123 e. The van der Waals surface area contributed by atoms with Gasteiger partial charge in [0.05, 0.1) is 0 Å². The van der Waals surface area contributed by atoms with Gasteiger partial charge < -0.3 is 4.79 Å². The summed E-state index contributed by atoms with van der Waals surface area (Å²) in [6.07, 6.45) is 6.18. The van der Waals surface area contributed by atoms with E-state index in [2.05, 4.69) is 37.4 Å². The zero-order chi connectivity index (χ0) is 9.26. The first kappa shape index (κ1) is 9.58. The van der Waals surface area contributed by atoms with Crippen LogP contribution in [-0.4, -0.2) is 10.3 Å². The molecule has 0 aromatic carbocycles. The third-order valence-corrected chi connectivity index (χ3v) is 4.32. The van der Waals surface area contributed by atoms with Crippen molar-refractivity contribution in [1.29, 1.82) is 0 Å². The van der Waals surface area contributed by atoms with Crippen LogP contribution in [0.1, 0.15) is 17.7 Å². The molecule has 1 atom stereocenters. The van der Waals surface area contributed by atoms with Gasteiger partial charge >= 0.3 is 0 Å². The number of nitrogens with zero attached hydrogens (tertiary/aromatic N) is 1. The molecule has 0 fully saturated rings. The Hall–Kier alpha value is 0.0300. The molecule has 0 bridgehead atoms. The molecule has 2 nitrogen and oxygen atoms in total. The lowest BCUT2D eigenvalue weighted by atomic mass is 9.89. The fraction of sp³-hybridized carbons (Fsp3) is 0.444. The number of fused-ring (bicyclic) bond motifs is 1. The normalized spacial score (nSPS) is 21.2. The molecule has 0 radical (unpaired) electrons. The lowest BCUT2D eigenvalue weighted by Gasteiger charge is -2.18. The van der Waals surface area contributed by atoms with Crippen LogP contribution in [0, 0.1) is 5.92 Å². The third-order valence-electron chi connectivity index (χ3n) is 2.55. The highest BCUT2D eigenvalue weighted by atomic mass is 127. The number of hydrogen-bond acceptors (Lipinski definition) is 2. The first-order chi connectivity index (χ1) is 6.35. The van der Waals surface area contributed by atoms with Gasteiger partial charge in [-0.25, -0.2) is 0 Å². The molecule has 0 saturated carbocycles. The van der Waals surface area contributed by atoms with E-state index in [1.807, 2.05) is 0 Å². The van der Waals surface area contributed by atoms with E-state index >= 15 is 0 Å². The quantitative estimate of drug-likeness (QED) is 0.619. The summed E-state index contributed by atoms with van der Waals surface area (Å²) < 4.78 is 2.16. The third kappa shape index (κ3) is 1.79. The molecule has 0 saturated heterocycles. The Morgan fingerprint density at radius 1 is 1.69 bits per heavy atom. The molecule has 13 heavy (non-hydrogen) atoms. The Kier molecular flexibility index (Phi) is 2.98. The van der Waals surface area contributed by atoms with Crippen molar-refractivity contribution >= 4 is 36.6 Å². The first-order valence-electron chi connectivity index (χ1n) is 4.28. The number of aryl methyl sites for hydroxylation is 1. The van der Waals surface area contributed by atoms with Crippen molar-refractivity contribution in [2.24, 2.45) is 5.92 Å². The van der Waals surface area contributed by atoms with E-state index in [4.69, 9.17) is 0 Å². The molecule has 0 amide bonds. The Labute approximate surface area is 93.8 Å². The van der Waals surface area contributed by atoms with Crippen molar-refractivity contribution in [2.45, 2.75) is 19.3 Å². The molecule has 2 rings (SSSR count). The average molecular weight is 307 g/mol. The lowest BCUT2D eigenvalue weighted by Crippen LogP contribution is -2.15. The minimum absolute atomic E-state index is 0.240. The fourth-order valence-electron chi connectivity index (χ4n) is 1.81. The maximum absolute atomic E-state index is 10.7. The summed E-state index contributed by atoms with van der Waals surface area (Å²) in [5.74, 6) is 0.240. The Morgan fingerprint density at radius 2 is 2.54 bits per heavy atom. The molecular formula is C9H10INOS. The van der Waals surface area contributed by atoms with Gasteiger partial charge in [-0.2, -0.15) is 0 Å². The van der Waals surface area contributed by atoms with Crippen LogP contribution in [0.2, 0.25) is 0 Å². The van der Waals surface area contributed by atoms with Crippen LogP contribution in [0.3, 0.4) is 0 Å². The highest BCUT2D eigenvalue weighted by Crippen LogP contribution is 2.29. The second-order valence-corrected chi connectivity index (χ2v) is 5.03. The molecule has 1 aromatic heterocycles. The molecule has 0 spiro atoms. The lowest BCUT2D eigenvalue weighted by molar-refractivity contribution is -0.111. The van der Waals surface area contributed by atoms with E-state index in [0.29, 0.717) is 0 Å². The number of halogens is 1. The zero-order valence-corrected chi connectivity index (χ0v) is 10.0. The largest absolute Gasteiger partial charge is 0.303 e. The minimum atomic E-state index is 0.240. The average Bonchev–Trinajstić information content (AvgIpc) is 2.59. The topological polar surface area (TPSA) is 22.0 Å². The number of aromatic nitrogens is 1. The van der Waals surface area contributed by atoms with E-state index in [1.165, 1.54) is 11.3 Å². The summed E-state index contributed by atoms with van der Waals surface area (Å²) in [5.41, 5.74) is 2.75. The predicted molar refractivity (Wildman–Crippen MR) is 63.0 cm³/mol. The maximum atomic E-state index is 10.7. The highest BCUT2D eigenvalue weighted by Gasteiger charge is 2.20. The van der Waals surface area contributed by atoms with Gasteiger partial charge in [0, 0.05) is 48.1 Å². The van der Waals surface area contributed by atoms with Gasteiger partial charge in [-0.05, 0) is 30.9 Å². The van der Waals surface area contributed by atoms with Crippen molar-refractivity contribution in [3.8, 4) is 0 Å². The SMILES string of the molecule is O=CC1CCc2ccn(SI)c2C1. The van der Waals surface area contributed by atoms with E-state index < -0.39 is 0 Å². The zero-order valence-electron chi connectivity index (χ0n) is 7.07. The smallest absolute Gasteiger partial charge is 0.123 e. The van der Waals surface area contributed by atoms with E-state index in [9.17, 15) is 4.79 Å². The second-order valence-electron chi connectivity index (χ2n) is 3.32. The summed E-state index contributed by atoms with van der Waals surface area (Å²) >= 11 is 2.27. The van der Waals surface area contributed by atoms with Gasteiger partial charge in [0.1, 0.15) is 6.29 Å². The minimum Gasteiger partial charge on any atom is -0.303 e. The molecule has 4 heteroatoms. The number of carbonyl (C=O) groups excluding carboxylic acids is 1. The summed E-state index contributed by atoms with van der Waals surface area (Å²) in [5, 5.41) is 0. The van der Waals surface area contributed by atoms with Gasteiger partial charge in [0.25, 0.3) is 0 Å².